The van der Waals surface area contributed by atoms with E-state index in [9.17, 15) is 9.59 Å². The fourth-order valence-electron chi connectivity index (χ4n) is 3.43. The van der Waals surface area contributed by atoms with Crippen LogP contribution in [0, 0.1) is 12.8 Å². The minimum atomic E-state index is 0.127. The Hall–Kier alpha value is -1.61. The van der Waals surface area contributed by atoms with Crippen molar-refractivity contribution < 1.29 is 14.3 Å². The van der Waals surface area contributed by atoms with E-state index in [0.29, 0.717) is 49.6 Å². The summed E-state index contributed by atoms with van der Waals surface area (Å²) in [7, 11) is 0. The van der Waals surface area contributed by atoms with Gasteiger partial charge >= 0.3 is 0 Å². The molecule has 0 aromatic carbocycles. The van der Waals surface area contributed by atoms with E-state index < -0.39 is 0 Å². The maximum Gasteiger partial charge on any atom is 0.233 e. The van der Waals surface area contributed by atoms with E-state index in [-0.39, 0.29) is 11.8 Å². The summed E-state index contributed by atoms with van der Waals surface area (Å²) in [5.41, 5.74) is 0. The van der Waals surface area contributed by atoms with Gasteiger partial charge in [0, 0.05) is 32.6 Å². The van der Waals surface area contributed by atoms with E-state index in [0.717, 1.165) is 38.2 Å². The van der Waals surface area contributed by atoms with Crippen LogP contribution in [0.4, 0.5) is 0 Å². The molecule has 1 aromatic rings. The average molecular weight is 382 g/mol. The summed E-state index contributed by atoms with van der Waals surface area (Å²) in [6.45, 7) is 6.08. The first kappa shape index (κ1) is 19.2. The van der Waals surface area contributed by atoms with E-state index in [1.807, 2.05) is 16.7 Å². The second kappa shape index (κ2) is 9.36. The molecule has 3 heterocycles. The Morgan fingerprint density at radius 1 is 1.23 bits per heavy atom. The van der Waals surface area contributed by atoms with Crippen LogP contribution >= 0.6 is 11.8 Å². The molecular formula is C17H27N5O3S. The number of likely N-dealkylation sites (tertiary alicyclic amines) is 1. The maximum absolute atomic E-state index is 12.5. The Morgan fingerprint density at radius 3 is 2.77 bits per heavy atom. The molecule has 2 saturated heterocycles. The molecule has 2 aliphatic heterocycles. The molecule has 26 heavy (non-hydrogen) atoms. The lowest BCUT2D eigenvalue weighted by Gasteiger charge is -2.33. The van der Waals surface area contributed by atoms with Crippen LogP contribution in [-0.4, -0.2) is 81.9 Å². The minimum Gasteiger partial charge on any atom is -0.378 e. The van der Waals surface area contributed by atoms with Crippen molar-refractivity contribution in [2.24, 2.45) is 5.92 Å². The number of morpholine rings is 1. The van der Waals surface area contributed by atoms with Gasteiger partial charge in [-0.2, -0.15) is 0 Å². The van der Waals surface area contributed by atoms with Crippen LogP contribution in [0.2, 0.25) is 0 Å². The molecule has 2 aliphatic rings. The van der Waals surface area contributed by atoms with Crippen molar-refractivity contribution in [2.45, 2.75) is 37.8 Å². The lowest BCUT2D eigenvalue weighted by molar-refractivity contribution is -0.135. The lowest BCUT2D eigenvalue weighted by Crippen LogP contribution is -2.42. The first-order chi connectivity index (χ1) is 12.6. The zero-order chi connectivity index (χ0) is 18.4. The minimum absolute atomic E-state index is 0.127. The molecule has 1 aromatic heterocycles. The van der Waals surface area contributed by atoms with Gasteiger partial charge < -0.3 is 14.5 Å². The molecule has 8 nitrogen and oxygen atoms in total. The zero-order valence-corrected chi connectivity index (χ0v) is 16.1. The number of H-pyrrole nitrogens is 1. The van der Waals surface area contributed by atoms with Gasteiger partial charge in [-0.25, -0.2) is 4.98 Å². The number of nitrogens with one attached hydrogen (secondary N) is 1. The third-order valence-corrected chi connectivity index (χ3v) is 5.74. The van der Waals surface area contributed by atoms with Gasteiger partial charge in [0.15, 0.2) is 0 Å². The van der Waals surface area contributed by atoms with Crippen LogP contribution in [0.1, 0.15) is 31.5 Å². The van der Waals surface area contributed by atoms with Crippen molar-refractivity contribution in [1.29, 1.82) is 0 Å². The van der Waals surface area contributed by atoms with Crippen molar-refractivity contribution in [3.8, 4) is 0 Å². The van der Waals surface area contributed by atoms with Crippen molar-refractivity contribution in [1.82, 2.24) is 25.0 Å². The third-order valence-electron chi connectivity index (χ3n) is 4.90. The predicted octanol–water partition coefficient (Wildman–Crippen LogP) is 1.08. The van der Waals surface area contributed by atoms with Gasteiger partial charge in [0.1, 0.15) is 5.82 Å². The van der Waals surface area contributed by atoms with Gasteiger partial charge in [0.05, 0.1) is 19.0 Å². The Kier molecular flexibility index (Phi) is 6.90. The Bertz CT molecular complexity index is 617. The summed E-state index contributed by atoms with van der Waals surface area (Å²) in [5.74, 6) is 1.86. The SMILES string of the molecule is Cc1nc(SCC(=O)N2CCC[C@H](CCC(=O)N3CCOCC3)C2)n[nH]1. The fraction of sp³-hybridized carbons (Fsp3) is 0.765. The Labute approximate surface area is 158 Å². The van der Waals surface area contributed by atoms with Gasteiger partial charge in [0.25, 0.3) is 0 Å². The second-order valence-electron chi connectivity index (χ2n) is 6.87. The van der Waals surface area contributed by atoms with Crippen molar-refractivity contribution in [2.75, 3.05) is 45.1 Å². The number of aryl methyl sites for hydroxylation is 1. The summed E-state index contributed by atoms with van der Waals surface area (Å²) < 4.78 is 5.29. The molecule has 0 saturated carbocycles. The average Bonchev–Trinajstić information content (AvgIpc) is 3.10. The van der Waals surface area contributed by atoms with Gasteiger partial charge in [0.2, 0.25) is 17.0 Å². The largest absolute Gasteiger partial charge is 0.378 e. The number of piperidine rings is 1. The van der Waals surface area contributed by atoms with E-state index in [1.165, 1.54) is 11.8 Å². The van der Waals surface area contributed by atoms with Crippen LogP contribution in [0.25, 0.3) is 0 Å². The van der Waals surface area contributed by atoms with Gasteiger partial charge in [-0.05, 0) is 32.1 Å². The first-order valence-corrected chi connectivity index (χ1v) is 10.3. The zero-order valence-electron chi connectivity index (χ0n) is 15.3. The first-order valence-electron chi connectivity index (χ1n) is 9.27. The standard InChI is InChI=1S/C17H27N5O3S/c1-13-18-17(20-19-13)26-12-16(24)22-6-2-3-14(11-22)4-5-15(23)21-7-9-25-10-8-21/h14H,2-12H2,1H3,(H,18,19,20)/t14-/m1/s1. The molecule has 2 fully saturated rings. The number of hydrogen-bond donors (Lipinski definition) is 1. The predicted molar refractivity (Wildman–Crippen MR) is 97.8 cm³/mol. The highest BCUT2D eigenvalue weighted by Crippen LogP contribution is 2.23. The van der Waals surface area contributed by atoms with E-state index >= 15 is 0 Å². The number of amides is 2. The molecule has 0 spiro atoms. The van der Waals surface area contributed by atoms with Crippen LogP contribution in [0.5, 0.6) is 0 Å². The Balaban J connectivity index is 1.40. The number of rotatable bonds is 6. The normalized spacial score (nSPS) is 21.0. The van der Waals surface area contributed by atoms with Crippen LogP contribution in [0.15, 0.2) is 5.16 Å². The molecule has 0 radical (unpaired) electrons. The molecule has 1 N–H and O–H groups in total. The molecule has 144 valence electrons. The van der Waals surface area contributed by atoms with E-state index in [1.54, 1.807) is 0 Å². The maximum atomic E-state index is 12.5. The number of nitrogens with zero attached hydrogens (tertiary/aromatic N) is 4. The molecular weight excluding hydrogens is 354 g/mol. The van der Waals surface area contributed by atoms with Crippen molar-refractivity contribution in [3.63, 3.8) is 0 Å². The number of carbonyl (C=O) groups excluding carboxylic acids is 2. The topological polar surface area (TPSA) is 91.4 Å². The second-order valence-corrected chi connectivity index (χ2v) is 7.81. The molecule has 0 bridgehead atoms. The monoisotopic (exact) mass is 381 g/mol. The number of aromatic nitrogens is 3. The molecule has 2 amide bonds. The van der Waals surface area contributed by atoms with Crippen molar-refractivity contribution in [3.05, 3.63) is 5.82 Å². The van der Waals surface area contributed by atoms with Gasteiger partial charge in [-0.15, -0.1) is 5.10 Å². The van der Waals surface area contributed by atoms with Crippen molar-refractivity contribution >= 4 is 23.6 Å². The van der Waals surface area contributed by atoms with E-state index in [2.05, 4.69) is 15.2 Å². The molecule has 3 rings (SSSR count). The quantitative estimate of drug-likeness (QED) is 0.742. The summed E-state index contributed by atoms with van der Waals surface area (Å²) in [6, 6.07) is 0. The summed E-state index contributed by atoms with van der Waals surface area (Å²) in [6.07, 6.45) is 3.52. The van der Waals surface area contributed by atoms with Crippen LogP contribution in [0.3, 0.4) is 0 Å². The number of ether oxygens (including phenoxy) is 1. The molecule has 0 unspecified atom stereocenters. The van der Waals surface area contributed by atoms with Crippen LogP contribution < -0.4 is 0 Å². The number of carbonyl (C=O) groups is 2. The summed E-state index contributed by atoms with van der Waals surface area (Å²) >= 11 is 1.36. The van der Waals surface area contributed by atoms with Gasteiger partial charge in [-0.3, -0.25) is 14.7 Å². The highest BCUT2D eigenvalue weighted by molar-refractivity contribution is 7.99. The van der Waals surface area contributed by atoms with Crippen LogP contribution in [-0.2, 0) is 14.3 Å². The third kappa shape index (κ3) is 5.44. The van der Waals surface area contributed by atoms with E-state index in [4.69, 9.17) is 4.74 Å². The number of aromatic amines is 1. The fourth-order valence-corrected chi connectivity index (χ4v) is 4.18. The highest BCUT2D eigenvalue weighted by Gasteiger charge is 2.25. The highest BCUT2D eigenvalue weighted by atomic mass is 32.2. The summed E-state index contributed by atoms with van der Waals surface area (Å²) in [4.78, 5) is 32.8. The smallest absolute Gasteiger partial charge is 0.233 e. The van der Waals surface area contributed by atoms with Gasteiger partial charge in [-0.1, -0.05) is 11.8 Å². The molecule has 0 aliphatic carbocycles. The summed E-state index contributed by atoms with van der Waals surface area (Å²) in [5, 5.41) is 7.44. The molecule has 9 heteroatoms. The number of thioether (sulfide) groups is 1. The number of hydrogen-bond acceptors (Lipinski definition) is 6. The molecule has 1 atom stereocenters. The lowest BCUT2D eigenvalue weighted by atomic mass is 9.93. The Morgan fingerprint density at radius 2 is 2.04 bits per heavy atom.